The van der Waals surface area contributed by atoms with Gasteiger partial charge in [-0.25, -0.2) is 4.98 Å². The van der Waals surface area contributed by atoms with Crippen LogP contribution in [0, 0.1) is 5.92 Å². The first-order valence-electron chi connectivity index (χ1n) is 12.8. The van der Waals surface area contributed by atoms with Crippen molar-refractivity contribution in [1.29, 1.82) is 0 Å². The fraction of sp³-hybridized carbons (Fsp3) is 0.300. The molecule has 1 N–H and O–H groups in total. The van der Waals surface area contributed by atoms with Crippen LogP contribution in [0.3, 0.4) is 0 Å². The van der Waals surface area contributed by atoms with E-state index >= 15 is 0 Å². The molecule has 1 aliphatic rings. The van der Waals surface area contributed by atoms with Crippen molar-refractivity contribution in [2.45, 2.75) is 25.9 Å². The number of carbonyl (C=O) groups is 1. The first kappa shape index (κ1) is 24.6. The highest BCUT2D eigenvalue weighted by Crippen LogP contribution is 2.23. The minimum absolute atomic E-state index is 0.0202. The van der Waals surface area contributed by atoms with Crippen molar-refractivity contribution in [3.63, 3.8) is 0 Å². The molecule has 3 aromatic carbocycles. The minimum Gasteiger partial charge on any atom is -0.378 e. The zero-order chi connectivity index (χ0) is 25.8. The Hall–Kier alpha value is -4.13. The highest BCUT2D eigenvalue weighted by molar-refractivity contribution is 5.80. The van der Waals surface area contributed by atoms with Gasteiger partial charge in [0.05, 0.1) is 23.5 Å². The van der Waals surface area contributed by atoms with Crippen LogP contribution in [0.2, 0.25) is 0 Å². The maximum Gasteiger partial charge on any atom is 0.294 e. The molecule has 0 radical (unpaired) electrons. The summed E-state index contributed by atoms with van der Waals surface area (Å²) in [6, 6.07) is 25.9. The molecule has 5 rings (SSSR count). The molecule has 1 aliphatic heterocycles. The van der Waals surface area contributed by atoms with Crippen molar-refractivity contribution in [3.8, 4) is 0 Å². The molecule has 1 saturated heterocycles. The number of benzene rings is 3. The summed E-state index contributed by atoms with van der Waals surface area (Å²) in [5, 5.41) is 3.09. The van der Waals surface area contributed by atoms with Crippen LogP contribution in [0.15, 0.2) is 83.7 Å². The summed E-state index contributed by atoms with van der Waals surface area (Å²) >= 11 is 0. The van der Waals surface area contributed by atoms with Gasteiger partial charge >= 0.3 is 0 Å². The maximum atomic E-state index is 13.7. The summed E-state index contributed by atoms with van der Waals surface area (Å²) in [4.78, 5) is 35.6. The molecular formula is C30H33N5O2. The molecule has 1 aromatic heterocycles. The molecule has 4 aromatic rings. The topological polar surface area (TPSA) is 70.5 Å². The monoisotopic (exact) mass is 495 g/mol. The number of carbonyl (C=O) groups excluding carboxylic acids is 1. The Morgan fingerprint density at radius 3 is 2.46 bits per heavy atom. The van der Waals surface area contributed by atoms with Gasteiger partial charge in [0.2, 0.25) is 5.91 Å². The number of nitrogens with zero attached hydrogens (tertiary/aromatic N) is 4. The van der Waals surface area contributed by atoms with Crippen LogP contribution in [0.25, 0.3) is 11.0 Å². The summed E-state index contributed by atoms with van der Waals surface area (Å²) in [6.07, 6.45) is 1.63. The standard InChI is InChI=1S/C30H33N5O2/c1-33(2)25-16-14-22(15-17-25)19-31-29(36)24-11-8-18-34(21-24)28-30(37)35(20-23-9-4-3-5-10-23)27-13-7-6-12-26(27)32-28/h3-7,9-10,12-17,24H,8,11,18-21H2,1-2H3,(H,31,36)/t24-/m0/s1. The van der Waals surface area contributed by atoms with Gasteiger partial charge in [-0.2, -0.15) is 0 Å². The second-order valence-corrected chi connectivity index (χ2v) is 9.86. The first-order valence-corrected chi connectivity index (χ1v) is 12.8. The van der Waals surface area contributed by atoms with Gasteiger partial charge in [0.25, 0.3) is 5.56 Å². The van der Waals surface area contributed by atoms with Crippen molar-refractivity contribution in [2.24, 2.45) is 5.92 Å². The first-order chi connectivity index (χ1) is 18.0. The smallest absolute Gasteiger partial charge is 0.294 e. The Balaban J connectivity index is 1.34. The highest BCUT2D eigenvalue weighted by Gasteiger charge is 2.28. The molecule has 0 saturated carbocycles. The van der Waals surface area contributed by atoms with Crippen LogP contribution in [0.4, 0.5) is 11.5 Å². The fourth-order valence-electron chi connectivity index (χ4n) is 4.94. The predicted molar refractivity (Wildman–Crippen MR) is 149 cm³/mol. The van der Waals surface area contributed by atoms with Crippen molar-refractivity contribution < 1.29 is 4.79 Å². The van der Waals surface area contributed by atoms with Crippen LogP contribution >= 0.6 is 0 Å². The molecule has 1 amide bonds. The number of para-hydroxylation sites is 2. The van der Waals surface area contributed by atoms with E-state index in [-0.39, 0.29) is 17.4 Å². The van der Waals surface area contributed by atoms with E-state index in [0.717, 1.165) is 40.7 Å². The molecule has 0 unspecified atom stereocenters. The Kier molecular flexibility index (Phi) is 7.21. The van der Waals surface area contributed by atoms with Gasteiger partial charge in [-0.15, -0.1) is 0 Å². The van der Waals surface area contributed by atoms with E-state index in [4.69, 9.17) is 4.98 Å². The molecule has 190 valence electrons. The summed E-state index contributed by atoms with van der Waals surface area (Å²) in [5.74, 6) is 0.253. The third-order valence-corrected chi connectivity index (χ3v) is 7.03. The van der Waals surface area contributed by atoms with Crippen molar-refractivity contribution >= 4 is 28.4 Å². The number of aromatic nitrogens is 2. The lowest BCUT2D eigenvalue weighted by Gasteiger charge is -2.33. The molecule has 1 fully saturated rings. The van der Waals surface area contributed by atoms with E-state index in [1.54, 1.807) is 4.57 Å². The molecule has 0 aliphatic carbocycles. The SMILES string of the molecule is CN(C)c1ccc(CNC(=O)[C@H]2CCCN(c3nc4ccccc4n(Cc4ccccc4)c3=O)C2)cc1. The van der Waals surface area contributed by atoms with E-state index in [0.29, 0.717) is 32.0 Å². The van der Waals surface area contributed by atoms with Crippen molar-refractivity contribution in [2.75, 3.05) is 37.0 Å². The van der Waals surface area contributed by atoms with Crippen molar-refractivity contribution in [3.05, 3.63) is 100 Å². The number of amides is 1. The molecular weight excluding hydrogens is 462 g/mol. The zero-order valence-corrected chi connectivity index (χ0v) is 21.4. The lowest BCUT2D eigenvalue weighted by molar-refractivity contribution is -0.125. The average Bonchev–Trinajstić information content (AvgIpc) is 2.94. The van der Waals surface area contributed by atoms with E-state index in [1.165, 1.54) is 0 Å². The number of fused-ring (bicyclic) bond motifs is 1. The number of piperidine rings is 1. The summed E-state index contributed by atoms with van der Waals surface area (Å²) in [6.45, 7) is 2.15. The zero-order valence-electron chi connectivity index (χ0n) is 21.4. The van der Waals surface area contributed by atoms with Gasteiger partial charge in [0, 0.05) is 39.4 Å². The molecule has 7 heteroatoms. The van der Waals surface area contributed by atoms with Crippen LogP contribution in [-0.4, -0.2) is 42.6 Å². The second-order valence-electron chi connectivity index (χ2n) is 9.86. The van der Waals surface area contributed by atoms with Gasteiger partial charge in [0.1, 0.15) is 0 Å². The highest BCUT2D eigenvalue weighted by atomic mass is 16.2. The summed E-state index contributed by atoms with van der Waals surface area (Å²) < 4.78 is 1.80. The summed E-state index contributed by atoms with van der Waals surface area (Å²) in [5.41, 5.74) is 4.71. The van der Waals surface area contributed by atoms with Crippen LogP contribution in [0.1, 0.15) is 24.0 Å². The van der Waals surface area contributed by atoms with Crippen LogP contribution in [-0.2, 0) is 17.9 Å². The number of anilines is 2. The molecule has 0 spiro atoms. The minimum atomic E-state index is -0.190. The van der Waals surface area contributed by atoms with Crippen LogP contribution in [0.5, 0.6) is 0 Å². The van der Waals surface area contributed by atoms with Crippen LogP contribution < -0.4 is 20.7 Å². The Morgan fingerprint density at radius 2 is 1.70 bits per heavy atom. The second kappa shape index (κ2) is 10.9. The number of hydrogen-bond acceptors (Lipinski definition) is 5. The fourth-order valence-corrected chi connectivity index (χ4v) is 4.94. The molecule has 2 heterocycles. The molecule has 0 bridgehead atoms. The quantitative estimate of drug-likeness (QED) is 0.419. The largest absolute Gasteiger partial charge is 0.378 e. The Morgan fingerprint density at radius 1 is 0.973 bits per heavy atom. The average molecular weight is 496 g/mol. The normalized spacial score (nSPS) is 15.5. The molecule has 7 nitrogen and oxygen atoms in total. The number of rotatable bonds is 7. The van der Waals surface area contributed by atoms with E-state index < -0.39 is 0 Å². The van der Waals surface area contributed by atoms with Gasteiger partial charge in [0.15, 0.2) is 5.82 Å². The van der Waals surface area contributed by atoms with Gasteiger partial charge in [-0.05, 0) is 48.2 Å². The molecule has 37 heavy (non-hydrogen) atoms. The predicted octanol–water partition coefficient (Wildman–Crippen LogP) is 4.04. The third kappa shape index (κ3) is 5.50. The lowest BCUT2D eigenvalue weighted by atomic mass is 9.97. The number of nitrogens with one attached hydrogen (secondary N) is 1. The summed E-state index contributed by atoms with van der Waals surface area (Å²) in [7, 11) is 4.01. The van der Waals surface area contributed by atoms with Gasteiger partial charge < -0.3 is 15.1 Å². The lowest BCUT2D eigenvalue weighted by Crippen LogP contribution is -2.45. The third-order valence-electron chi connectivity index (χ3n) is 7.03. The van der Waals surface area contributed by atoms with Crippen molar-refractivity contribution in [1.82, 2.24) is 14.9 Å². The molecule has 1 atom stereocenters. The van der Waals surface area contributed by atoms with E-state index in [1.807, 2.05) is 90.6 Å². The van der Waals surface area contributed by atoms with E-state index in [2.05, 4.69) is 17.4 Å². The van der Waals surface area contributed by atoms with Gasteiger partial charge in [-0.1, -0.05) is 54.6 Å². The van der Waals surface area contributed by atoms with E-state index in [9.17, 15) is 9.59 Å². The Bertz CT molecular complexity index is 1430. The Labute approximate surface area is 217 Å². The maximum absolute atomic E-state index is 13.7. The van der Waals surface area contributed by atoms with Gasteiger partial charge in [-0.3, -0.25) is 14.2 Å². The number of hydrogen-bond donors (Lipinski definition) is 1.